The summed E-state index contributed by atoms with van der Waals surface area (Å²) in [5.74, 6) is 0. The summed E-state index contributed by atoms with van der Waals surface area (Å²) >= 11 is 9.80. The molecule has 0 saturated carbocycles. The van der Waals surface area contributed by atoms with Crippen molar-refractivity contribution in [2.75, 3.05) is 11.4 Å². The van der Waals surface area contributed by atoms with Gasteiger partial charge in [-0.15, -0.1) is 0 Å². The topological polar surface area (TPSA) is 3.24 Å². The van der Waals surface area contributed by atoms with Crippen LogP contribution in [0.4, 0.5) is 11.4 Å². The standard InChI is InChI=1S/C17H19BrClN/c1-2-3-11-20(15-7-5-4-6-8-15)16-10-9-14(13-18)17(19)12-16/h4-10,12H,2-3,11,13H2,1H3. The highest BCUT2D eigenvalue weighted by atomic mass is 79.9. The van der Waals surface area contributed by atoms with Crippen LogP contribution in [0.1, 0.15) is 25.3 Å². The Kier molecular flexibility index (Phi) is 5.93. The molecular weight excluding hydrogens is 334 g/mol. The van der Waals surface area contributed by atoms with Gasteiger partial charge in [-0.05, 0) is 36.2 Å². The SMILES string of the molecule is CCCCN(c1ccccc1)c1ccc(CBr)c(Cl)c1. The van der Waals surface area contributed by atoms with Crippen LogP contribution < -0.4 is 4.90 Å². The van der Waals surface area contributed by atoms with Crippen LogP contribution in [-0.4, -0.2) is 6.54 Å². The van der Waals surface area contributed by atoms with E-state index in [9.17, 15) is 0 Å². The first kappa shape index (κ1) is 15.4. The van der Waals surface area contributed by atoms with Gasteiger partial charge in [0.2, 0.25) is 0 Å². The number of alkyl halides is 1. The average Bonchev–Trinajstić information content (AvgIpc) is 2.49. The van der Waals surface area contributed by atoms with E-state index in [0.717, 1.165) is 34.6 Å². The molecule has 0 aliphatic rings. The molecule has 3 heteroatoms. The van der Waals surface area contributed by atoms with Gasteiger partial charge in [0.05, 0.1) is 0 Å². The molecule has 0 aromatic heterocycles. The fraction of sp³-hybridized carbons (Fsp3) is 0.294. The Morgan fingerprint density at radius 2 is 1.80 bits per heavy atom. The van der Waals surface area contributed by atoms with E-state index < -0.39 is 0 Å². The molecule has 0 aliphatic heterocycles. The first-order chi connectivity index (χ1) is 9.76. The summed E-state index contributed by atoms with van der Waals surface area (Å²) in [6, 6.07) is 16.8. The van der Waals surface area contributed by atoms with Crippen molar-refractivity contribution < 1.29 is 0 Å². The summed E-state index contributed by atoms with van der Waals surface area (Å²) < 4.78 is 0. The van der Waals surface area contributed by atoms with E-state index in [1.54, 1.807) is 0 Å². The number of anilines is 2. The predicted octanol–water partition coefficient (Wildman–Crippen LogP) is 6.17. The van der Waals surface area contributed by atoms with E-state index in [4.69, 9.17) is 11.6 Å². The molecule has 106 valence electrons. The minimum atomic E-state index is 0.784. The molecule has 0 radical (unpaired) electrons. The summed E-state index contributed by atoms with van der Waals surface area (Å²) in [5.41, 5.74) is 3.49. The van der Waals surface area contributed by atoms with Gasteiger partial charge < -0.3 is 4.90 Å². The fourth-order valence-corrected chi connectivity index (χ4v) is 3.04. The van der Waals surface area contributed by atoms with Crippen LogP contribution in [0, 0.1) is 0 Å². The maximum Gasteiger partial charge on any atom is 0.0467 e. The predicted molar refractivity (Wildman–Crippen MR) is 92.4 cm³/mol. The van der Waals surface area contributed by atoms with Crippen molar-refractivity contribution in [3.05, 3.63) is 59.1 Å². The second kappa shape index (κ2) is 7.70. The monoisotopic (exact) mass is 351 g/mol. The summed E-state index contributed by atoms with van der Waals surface area (Å²) in [5, 5.41) is 1.60. The quantitative estimate of drug-likeness (QED) is 0.562. The van der Waals surface area contributed by atoms with Crippen LogP contribution in [-0.2, 0) is 5.33 Å². The van der Waals surface area contributed by atoms with E-state index in [1.807, 2.05) is 6.07 Å². The Hall–Kier alpha value is -0.990. The summed E-state index contributed by atoms with van der Waals surface area (Å²) in [4.78, 5) is 2.33. The number of nitrogens with zero attached hydrogens (tertiary/aromatic N) is 1. The molecule has 0 unspecified atom stereocenters. The van der Waals surface area contributed by atoms with Crippen molar-refractivity contribution in [3.8, 4) is 0 Å². The van der Waals surface area contributed by atoms with Gasteiger partial charge in [0.25, 0.3) is 0 Å². The molecule has 1 nitrogen and oxygen atoms in total. The maximum atomic E-state index is 6.34. The van der Waals surface area contributed by atoms with Crippen molar-refractivity contribution in [2.24, 2.45) is 0 Å². The zero-order valence-corrected chi connectivity index (χ0v) is 14.0. The number of halogens is 2. The van der Waals surface area contributed by atoms with Crippen LogP contribution in [0.15, 0.2) is 48.5 Å². The first-order valence-electron chi connectivity index (χ1n) is 6.93. The highest BCUT2D eigenvalue weighted by Gasteiger charge is 2.10. The van der Waals surface area contributed by atoms with Crippen LogP contribution in [0.25, 0.3) is 0 Å². The Bertz CT molecular complexity index is 542. The fourth-order valence-electron chi connectivity index (χ4n) is 2.14. The van der Waals surface area contributed by atoms with E-state index >= 15 is 0 Å². The minimum absolute atomic E-state index is 0.784. The van der Waals surface area contributed by atoms with Crippen LogP contribution >= 0.6 is 27.5 Å². The van der Waals surface area contributed by atoms with Crippen LogP contribution in [0.3, 0.4) is 0 Å². The average molecular weight is 353 g/mol. The van der Waals surface area contributed by atoms with Gasteiger partial charge in [-0.25, -0.2) is 0 Å². The van der Waals surface area contributed by atoms with Gasteiger partial charge in [0.1, 0.15) is 0 Å². The van der Waals surface area contributed by atoms with Gasteiger partial charge in [0.15, 0.2) is 0 Å². The zero-order valence-electron chi connectivity index (χ0n) is 11.7. The second-order valence-corrected chi connectivity index (χ2v) is 5.72. The zero-order chi connectivity index (χ0) is 14.4. The Morgan fingerprint density at radius 1 is 1.05 bits per heavy atom. The van der Waals surface area contributed by atoms with Crippen LogP contribution in [0.2, 0.25) is 5.02 Å². The number of benzene rings is 2. The van der Waals surface area contributed by atoms with Crippen molar-refractivity contribution in [1.82, 2.24) is 0 Å². The molecular formula is C17H19BrClN. The smallest absolute Gasteiger partial charge is 0.0467 e. The second-order valence-electron chi connectivity index (χ2n) is 4.75. The third-order valence-electron chi connectivity index (χ3n) is 3.30. The molecule has 20 heavy (non-hydrogen) atoms. The summed E-state index contributed by atoms with van der Waals surface area (Å²) in [6.07, 6.45) is 2.34. The third kappa shape index (κ3) is 3.77. The van der Waals surface area contributed by atoms with Gasteiger partial charge >= 0.3 is 0 Å². The van der Waals surface area contributed by atoms with Crippen molar-refractivity contribution in [3.63, 3.8) is 0 Å². The molecule has 2 rings (SSSR count). The Morgan fingerprint density at radius 3 is 2.40 bits per heavy atom. The van der Waals surface area contributed by atoms with E-state index in [2.05, 4.69) is 70.2 Å². The molecule has 0 spiro atoms. The lowest BCUT2D eigenvalue weighted by Crippen LogP contribution is -2.18. The molecule has 0 heterocycles. The van der Waals surface area contributed by atoms with Crippen LogP contribution in [0.5, 0.6) is 0 Å². The Balaban J connectivity index is 2.33. The third-order valence-corrected chi connectivity index (χ3v) is 4.25. The van der Waals surface area contributed by atoms with Gasteiger partial charge in [-0.3, -0.25) is 0 Å². The number of unbranched alkanes of at least 4 members (excludes halogenated alkanes) is 1. The lowest BCUT2D eigenvalue weighted by Gasteiger charge is -2.25. The highest BCUT2D eigenvalue weighted by molar-refractivity contribution is 9.08. The highest BCUT2D eigenvalue weighted by Crippen LogP contribution is 2.30. The maximum absolute atomic E-state index is 6.34. The minimum Gasteiger partial charge on any atom is -0.341 e. The van der Waals surface area contributed by atoms with Gasteiger partial charge in [0, 0.05) is 28.3 Å². The Labute approximate surface area is 134 Å². The molecule has 2 aromatic carbocycles. The molecule has 0 saturated heterocycles. The summed E-state index contributed by atoms with van der Waals surface area (Å²) in [7, 11) is 0. The normalized spacial score (nSPS) is 10.6. The molecule has 0 N–H and O–H groups in total. The van der Waals surface area contributed by atoms with Crippen molar-refractivity contribution in [1.29, 1.82) is 0 Å². The number of hydrogen-bond donors (Lipinski definition) is 0. The molecule has 0 bridgehead atoms. The van der Waals surface area contributed by atoms with E-state index in [1.165, 1.54) is 12.1 Å². The van der Waals surface area contributed by atoms with Crippen molar-refractivity contribution in [2.45, 2.75) is 25.1 Å². The molecule has 2 aromatic rings. The number of para-hydroxylation sites is 1. The van der Waals surface area contributed by atoms with Crippen molar-refractivity contribution >= 4 is 38.9 Å². The molecule has 0 atom stereocenters. The number of hydrogen-bond acceptors (Lipinski definition) is 1. The van der Waals surface area contributed by atoms with Gasteiger partial charge in [-0.2, -0.15) is 0 Å². The largest absolute Gasteiger partial charge is 0.341 e. The molecule has 0 aliphatic carbocycles. The lowest BCUT2D eigenvalue weighted by atomic mass is 10.1. The molecule has 0 amide bonds. The summed E-state index contributed by atoms with van der Waals surface area (Å²) in [6.45, 7) is 3.22. The van der Waals surface area contributed by atoms with Gasteiger partial charge in [-0.1, -0.05) is 65.1 Å². The van der Waals surface area contributed by atoms with E-state index in [0.29, 0.717) is 0 Å². The number of rotatable bonds is 6. The molecule has 0 fully saturated rings. The van der Waals surface area contributed by atoms with E-state index in [-0.39, 0.29) is 0 Å². The first-order valence-corrected chi connectivity index (χ1v) is 8.43. The lowest BCUT2D eigenvalue weighted by molar-refractivity contribution is 0.786.